The van der Waals surface area contributed by atoms with E-state index in [0.29, 0.717) is 6.42 Å². The topological polar surface area (TPSA) is 34.9 Å². The van der Waals surface area contributed by atoms with Crippen molar-refractivity contribution >= 4 is 5.78 Å². The highest BCUT2D eigenvalue weighted by molar-refractivity contribution is 5.96. The van der Waals surface area contributed by atoms with E-state index in [4.69, 9.17) is 0 Å². The van der Waals surface area contributed by atoms with Crippen molar-refractivity contribution in [1.82, 2.24) is 9.78 Å². The van der Waals surface area contributed by atoms with Gasteiger partial charge >= 0.3 is 0 Å². The highest BCUT2D eigenvalue weighted by atomic mass is 16.1. The number of allylic oxidation sites excluding steroid dienone is 2. The van der Waals surface area contributed by atoms with Gasteiger partial charge in [-0.25, -0.2) is 0 Å². The van der Waals surface area contributed by atoms with Gasteiger partial charge in [0.2, 0.25) is 0 Å². The van der Waals surface area contributed by atoms with Crippen LogP contribution in [-0.4, -0.2) is 15.6 Å². The van der Waals surface area contributed by atoms with Crippen LogP contribution in [-0.2, 0) is 17.8 Å². The Hall–Kier alpha value is -1.38. The zero-order valence-electron chi connectivity index (χ0n) is 10.5. The lowest BCUT2D eigenvalue weighted by Gasteiger charge is -2.02. The number of ketones is 1. The summed E-state index contributed by atoms with van der Waals surface area (Å²) in [5, 5.41) is 4.20. The van der Waals surface area contributed by atoms with Gasteiger partial charge in [0, 0.05) is 19.2 Å². The monoisotopic (exact) mass is 232 g/mol. The van der Waals surface area contributed by atoms with E-state index in [9.17, 15) is 4.79 Å². The molecule has 0 spiro atoms. The molecule has 1 heterocycles. The standard InChI is InChI=1S/C14H20N2O/c1-2-16-11-12(10-15-16)9-14(17)13-7-5-3-4-6-8-13/h7,10-11H,2-6,8-9H2,1H3. The summed E-state index contributed by atoms with van der Waals surface area (Å²) < 4.78 is 1.87. The Morgan fingerprint density at radius 1 is 1.41 bits per heavy atom. The van der Waals surface area contributed by atoms with E-state index in [0.717, 1.165) is 36.9 Å². The first-order valence-electron chi connectivity index (χ1n) is 6.53. The molecule has 92 valence electrons. The second-order valence-electron chi connectivity index (χ2n) is 4.63. The zero-order valence-corrected chi connectivity index (χ0v) is 10.5. The van der Waals surface area contributed by atoms with Crippen molar-refractivity contribution in [3.8, 4) is 0 Å². The minimum atomic E-state index is 0.280. The van der Waals surface area contributed by atoms with Gasteiger partial charge in [-0.15, -0.1) is 0 Å². The van der Waals surface area contributed by atoms with Gasteiger partial charge in [-0.3, -0.25) is 9.48 Å². The second kappa shape index (κ2) is 5.80. The third-order valence-corrected chi connectivity index (χ3v) is 3.27. The summed E-state index contributed by atoms with van der Waals surface area (Å²) in [7, 11) is 0. The number of aryl methyl sites for hydroxylation is 1. The SMILES string of the molecule is CCn1cc(CC(=O)C2=CCCCCC2)cn1. The Morgan fingerprint density at radius 2 is 2.29 bits per heavy atom. The molecule has 0 aromatic carbocycles. The first-order valence-corrected chi connectivity index (χ1v) is 6.53. The van der Waals surface area contributed by atoms with Crippen molar-refractivity contribution in [2.75, 3.05) is 0 Å². The van der Waals surface area contributed by atoms with Crippen LogP contribution in [0.25, 0.3) is 0 Å². The maximum atomic E-state index is 12.1. The predicted octanol–water partition coefficient (Wildman–Crippen LogP) is 2.91. The summed E-state index contributed by atoms with van der Waals surface area (Å²) >= 11 is 0. The summed E-state index contributed by atoms with van der Waals surface area (Å²) in [6, 6.07) is 0. The molecule has 0 bridgehead atoms. The molecule has 0 amide bonds. The molecule has 17 heavy (non-hydrogen) atoms. The Kier molecular flexibility index (Phi) is 4.13. The van der Waals surface area contributed by atoms with E-state index in [2.05, 4.69) is 11.2 Å². The number of aromatic nitrogens is 2. The Labute approximate surface area is 103 Å². The predicted molar refractivity (Wildman–Crippen MR) is 67.8 cm³/mol. The fourth-order valence-corrected chi connectivity index (χ4v) is 2.24. The third-order valence-electron chi connectivity index (χ3n) is 3.27. The molecular weight excluding hydrogens is 212 g/mol. The first kappa shape index (κ1) is 12.1. The summed E-state index contributed by atoms with van der Waals surface area (Å²) in [5.74, 6) is 0.280. The molecule has 2 rings (SSSR count). The first-order chi connectivity index (χ1) is 8.29. The number of Topliss-reactive ketones (excluding diaryl/α,β-unsaturated/α-hetero) is 1. The van der Waals surface area contributed by atoms with Gasteiger partial charge in [0.1, 0.15) is 0 Å². The van der Waals surface area contributed by atoms with E-state index in [1.165, 1.54) is 12.8 Å². The Balaban J connectivity index is 1.98. The van der Waals surface area contributed by atoms with Crippen LogP contribution in [0.5, 0.6) is 0 Å². The number of rotatable bonds is 4. The van der Waals surface area contributed by atoms with Crippen molar-refractivity contribution < 1.29 is 4.79 Å². The second-order valence-corrected chi connectivity index (χ2v) is 4.63. The van der Waals surface area contributed by atoms with Gasteiger partial charge in [0.15, 0.2) is 5.78 Å². The van der Waals surface area contributed by atoms with Gasteiger partial charge in [-0.05, 0) is 43.7 Å². The van der Waals surface area contributed by atoms with Gasteiger partial charge < -0.3 is 0 Å². The van der Waals surface area contributed by atoms with Crippen molar-refractivity contribution in [1.29, 1.82) is 0 Å². The fourth-order valence-electron chi connectivity index (χ4n) is 2.24. The molecule has 0 saturated heterocycles. The molecule has 0 radical (unpaired) electrons. The number of hydrogen-bond acceptors (Lipinski definition) is 2. The molecule has 0 unspecified atom stereocenters. The number of hydrogen-bond donors (Lipinski definition) is 0. The van der Waals surface area contributed by atoms with E-state index >= 15 is 0 Å². The molecule has 1 aliphatic rings. The number of carbonyl (C=O) groups is 1. The van der Waals surface area contributed by atoms with Gasteiger partial charge in [-0.1, -0.05) is 12.5 Å². The molecule has 1 aromatic heterocycles. The number of carbonyl (C=O) groups excluding carboxylic acids is 1. The van der Waals surface area contributed by atoms with E-state index in [1.54, 1.807) is 6.20 Å². The Morgan fingerprint density at radius 3 is 3.06 bits per heavy atom. The lowest BCUT2D eigenvalue weighted by Crippen LogP contribution is -2.06. The summed E-state index contributed by atoms with van der Waals surface area (Å²) in [5.41, 5.74) is 2.06. The lowest BCUT2D eigenvalue weighted by atomic mass is 10.0. The maximum Gasteiger partial charge on any atom is 0.163 e. The Bertz CT molecular complexity index is 418. The smallest absolute Gasteiger partial charge is 0.163 e. The molecule has 3 nitrogen and oxygen atoms in total. The third kappa shape index (κ3) is 3.29. The van der Waals surface area contributed by atoms with Crippen molar-refractivity contribution in [2.45, 2.75) is 52.0 Å². The molecule has 3 heteroatoms. The highest BCUT2D eigenvalue weighted by Gasteiger charge is 2.12. The zero-order chi connectivity index (χ0) is 12.1. The molecule has 0 atom stereocenters. The summed E-state index contributed by atoms with van der Waals surface area (Å²) in [4.78, 5) is 12.1. The van der Waals surface area contributed by atoms with Crippen LogP contribution in [0.2, 0.25) is 0 Å². The van der Waals surface area contributed by atoms with E-state index < -0.39 is 0 Å². The average Bonchev–Trinajstić information content (AvgIpc) is 2.62. The fraction of sp³-hybridized carbons (Fsp3) is 0.571. The minimum absolute atomic E-state index is 0.280. The van der Waals surface area contributed by atoms with Crippen LogP contribution < -0.4 is 0 Å². The molecule has 1 aliphatic carbocycles. The van der Waals surface area contributed by atoms with E-state index in [1.807, 2.05) is 17.8 Å². The molecule has 0 fully saturated rings. The van der Waals surface area contributed by atoms with Crippen LogP contribution >= 0.6 is 0 Å². The van der Waals surface area contributed by atoms with Crippen LogP contribution in [0.15, 0.2) is 24.0 Å². The van der Waals surface area contributed by atoms with Crippen molar-refractivity contribution in [3.05, 3.63) is 29.6 Å². The van der Waals surface area contributed by atoms with Crippen LogP contribution in [0, 0.1) is 0 Å². The van der Waals surface area contributed by atoms with E-state index in [-0.39, 0.29) is 5.78 Å². The minimum Gasteiger partial charge on any atom is -0.294 e. The quantitative estimate of drug-likeness (QED) is 0.800. The normalized spacial score (nSPS) is 16.4. The lowest BCUT2D eigenvalue weighted by molar-refractivity contribution is -0.115. The molecule has 0 aliphatic heterocycles. The van der Waals surface area contributed by atoms with Crippen molar-refractivity contribution in [3.63, 3.8) is 0 Å². The molecule has 1 aromatic rings. The van der Waals surface area contributed by atoms with Crippen molar-refractivity contribution in [2.24, 2.45) is 0 Å². The summed E-state index contributed by atoms with van der Waals surface area (Å²) in [6.45, 7) is 2.91. The molecule has 0 N–H and O–H groups in total. The van der Waals surface area contributed by atoms with Gasteiger partial charge in [0.05, 0.1) is 6.20 Å². The van der Waals surface area contributed by atoms with Crippen LogP contribution in [0.4, 0.5) is 0 Å². The summed E-state index contributed by atoms with van der Waals surface area (Å²) in [6.07, 6.45) is 12.1. The van der Waals surface area contributed by atoms with Gasteiger partial charge in [0.25, 0.3) is 0 Å². The molecular formula is C14H20N2O. The van der Waals surface area contributed by atoms with Crippen LogP contribution in [0.3, 0.4) is 0 Å². The highest BCUT2D eigenvalue weighted by Crippen LogP contribution is 2.19. The van der Waals surface area contributed by atoms with Gasteiger partial charge in [-0.2, -0.15) is 5.10 Å². The van der Waals surface area contributed by atoms with Crippen LogP contribution in [0.1, 0.15) is 44.6 Å². The number of nitrogens with zero attached hydrogens (tertiary/aromatic N) is 2. The average molecular weight is 232 g/mol. The molecule has 0 saturated carbocycles. The maximum absolute atomic E-state index is 12.1. The largest absolute Gasteiger partial charge is 0.294 e.